The Labute approximate surface area is 126 Å². The maximum absolute atomic E-state index is 12.9. The highest BCUT2D eigenvalue weighted by molar-refractivity contribution is 5.96. The quantitative estimate of drug-likeness (QED) is 0.649. The van der Waals surface area contributed by atoms with E-state index in [0.717, 1.165) is 35.7 Å². The van der Waals surface area contributed by atoms with Gasteiger partial charge in [0.2, 0.25) is 0 Å². The number of hydrogen-bond donors (Lipinski definition) is 2. The molecule has 0 bridgehead atoms. The molecule has 0 spiro atoms. The summed E-state index contributed by atoms with van der Waals surface area (Å²) in [6.45, 7) is 2.90. The van der Waals surface area contributed by atoms with Gasteiger partial charge in [0.25, 0.3) is 5.91 Å². The number of carbonyl (C=O) groups is 1. The predicted molar refractivity (Wildman–Crippen MR) is 85.0 cm³/mol. The number of nitrogens with one attached hydrogen (secondary N) is 1. The average molecular weight is 287 g/mol. The first-order valence-electron chi connectivity index (χ1n) is 8.09. The number of carbonyl (C=O) groups excluding carboxylic acids is 1. The predicted octanol–water partition coefficient (Wildman–Crippen LogP) is 3.08. The number of piperidine rings is 1. The van der Waals surface area contributed by atoms with E-state index >= 15 is 0 Å². The van der Waals surface area contributed by atoms with Gasteiger partial charge in [0.1, 0.15) is 0 Å². The minimum absolute atomic E-state index is 0.202. The van der Waals surface area contributed by atoms with Gasteiger partial charge in [0, 0.05) is 23.8 Å². The van der Waals surface area contributed by atoms with Crippen LogP contribution in [0, 0.1) is 12.8 Å². The topological polar surface area (TPSA) is 58.4 Å². The molecule has 4 heteroatoms. The first-order chi connectivity index (χ1) is 10.2. The Balaban J connectivity index is 1.83. The van der Waals surface area contributed by atoms with Crippen LogP contribution in [0.1, 0.15) is 54.4 Å². The van der Waals surface area contributed by atoms with Crippen LogP contribution in [0.25, 0.3) is 0 Å². The van der Waals surface area contributed by atoms with Gasteiger partial charge in [-0.15, -0.1) is 0 Å². The molecule has 1 saturated heterocycles. The molecule has 1 aliphatic carbocycles. The van der Waals surface area contributed by atoms with E-state index in [2.05, 4.69) is 10.3 Å². The number of hydrogen-bond acceptors (Lipinski definition) is 3. The van der Waals surface area contributed by atoms with E-state index in [9.17, 15) is 4.79 Å². The number of benzene rings is 1. The lowest BCUT2D eigenvalue weighted by Gasteiger charge is -2.44. The van der Waals surface area contributed by atoms with Crippen molar-refractivity contribution < 1.29 is 4.79 Å². The lowest BCUT2D eigenvalue weighted by molar-refractivity contribution is 0.0390. The Kier molecular flexibility index (Phi) is 4.15. The maximum Gasteiger partial charge on any atom is 0.254 e. The fraction of sp³-hybridized carbons (Fsp3) is 0.588. The fourth-order valence-electron chi connectivity index (χ4n) is 4.03. The smallest absolute Gasteiger partial charge is 0.254 e. The molecule has 0 radical (unpaired) electrons. The zero-order valence-corrected chi connectivity index (χ0v) is 12.8. The van der Waals surface area contributed by atoms with Crippen molar-refractivity contribution in [3.8, 4) is 0 Å². The second kappa shape index (κ2) is 6.06. The third kappa shape index (κ3) is 2.77. The number of aryl methyl sites for hydroxylation is 1. The molecule has 1 aromatic carbocycles. The Hall–Kier alpha value is -1.55. The van der Waals surface area contributed by atoms with Crippen molar-refractivity contribution in [3.63, 3.8) is 0 Å². The molecular weight excluding hydrogens is 262 g/mol. The summed E-state index contributed by atoms with van der Waals surface area (Å²) in [6.07, 6.45) is 7.51. The minimum Gasteiger partial charge on any atom is -0.335 e. The fourth-order valence-corrected chi connectivity index (χ4v) is 4.03. The number of fused-ring (bicyclic) bond motifs is 1. The summed E-state index contributed by atoms with van der Waals surface area (Å²) >= 11 is 0. The summed E-state index contributed by atoms with van der Waals surface area (Å²) in [5.74, 6) is 6.36. The number of hydrazine groups is 1. The molecule has 2 atom stereocenters. The number of likely N-dealkylation sites (tertiary alicyclic amines) is 1. The van der Waals surface area contributed by atoms with Crippen LogP contribution in [0.3, 0.4) is 0 Å². The Morgan fingerprint density at radius 2 is 2.00 bits per heavy atom. The number of nitrogens with zero attached hydrogens (tertiary/aromatic N) is 1. The molecule has 0 aromatic heterocycles. The molecule has 3 rings (SSSR count). The monoisotopic (exact) mass is 287 g/mol. The second-order valence-electron chi connectivity index (χ2n) is 6.43. The highest BCUT2D eigenvalue weighted by Gasteiger charge is 2.36. The first kappa shape index (κ1) is 14.4. The lowest BCUT2D eigenvalue weighted by atomic mass is 9.78. The number of nitrogen functional groups attached to an aromatic ring is 1. The summed E-state index contributed by atoms with van der Waals surface area (Å²) in [6, 6.07) is 6.18. The van der Waals surface area contributed by atoms with Crippen LogP contribution in [0.2, 0.25) is 0 Å². The van der Waals surface area contributed by atoms with Crippen molar-refractivity contribution in [2.24, 2.45) is 11.8 Å². The summed E-state index contributed by atoms with van der Waals surface area (Å²) in [5.41, 5.74) is 5.29. The normalized spacial score (nSPS) is 25.3. The molecule has 4 nitrogen and oxygen atoms in total. The van der Waals surface area contributed by atoms with E-state index in [1.165, 1.54) is 32.1 Å². The van der Waals surface area contributed by atoms with E-state index in [4.69, 9.17) is 5.84 Å². The number of rotatable bonds is 2. The molecule has 1 amide bonds. The van der Waals surface area contributed by atoms with Crippen molar-refractivity contribution in [1.29, 1.82) is 0 Å². The summed E-state index contributed by atoms with van der Waals surface area (Å²) in [7, 11) is 0. The van der Waals surface area contributed by atoms with Crippen molar-refractivity contribution in [2.75, 3.05) is 12.0 Å². The Morgan fingerprint density at radius 3 is 2.76 bits per heavy atom. The summed E-state index contributed by atoms with van der Waals surface area (Å²) < 4.78 is 0. The highest BCUT2D eigenvalue weighted by Crippen LogP contribution is 2.36. The number of anilines is 1. The molecule has 1 saturated carbocycles. The Bertz CT molecular complexity index is 527. The number of nitrogens with two attached hydrogens (primary N) is 1. The van der Waals surface area contributed by atoms with E-state index in [-0.39, 0.29) is 5.91 Å². The van der Waals surface area contributed by atoms with Crippen LogP contribution in [0.4, 0.5) is 5.69 Å². The molecule has 1 aliphatic heterocycles. The third-order valence-electron chi connectivity index (χ3n) is 5.13. The van der Waals surface area contributed by atoms with Crippen LogP contribution in [-0.4, -0.2) is 23.4 Å². The maximum atomic E-state index is 12.9. The molecule has 2 aliphatic rings. The molecule has 114 valence electrons. The molecule has 1 aromatic rings. The van der Waals surface area contributed by atoms with Crippen molar-refractivity contribution in [3.05, 3.63) is 29.3 Å². The molecular formula is C17H25N3O. The van der Waals surface area contributed by atoms with Gasteiger partial charge in [-0.25, -0.2) is 0 Å². The summed E-state index contributed by atoms with van der Waals surface area (Å²) in [5, 5.41) is 0. The first-order valence-corrected chi connectivity index (χ1v) is 8.09. The molecule has 3 N–H and O–H groups in total. The molecule has 1 heterocycles. The van der Waals surface area contributed by atoms with Crippen LogP contribution >= 0.6 is 0 Å². The third-order valence-corrected chi connectivity index (χ3v) is 5.13. The van der Waals surface area contributed by atoms with Crippen LogP contribution in [0.5, 0.6) is 0 Å². The van der Waals surface area contributed by atoms with Gasteiger partial charge >= 0.3 is 0 Å². The van der Waals surface area contributed by atoms with E-state index in [0.29, 0.717) is 6.04 Å². The SMILES string of the molecule is Cc1cc(NN)ccc1C(=O)N1CCC[C@H]2CCCC[C@H]21. The molecule has 21 heavy (non-hydrogen) atoms. The number of amides is 1. The standard InChI is InChI=1S/C17H25N3O/c1-12-11-14(19-18)8-9-15(12)17(21)20-10-4-6-13-5-2-3-7-16(13)20/h8-9,11,13,16,19H,2-7,10,18H2,1H3/t13-,16-/m1/s1. The van der Waals surface area contributed by atoms with E-state index in [1.54, 1.807) is 0 Å². The molecule has 2 fully saturated rings. The molecule has 0 unspecified atom stereocenters. The van der Waals surface area contributed by atoms with Crippen LogP contribution in [-0.2, 0) is 0 Å². The minimum atomic E-state index is 0.202. The zero-order chi connectivity index (χ0) is 14.8. The largest absolute Gasteiger partial charge is 0.335 e. The van der Waals surface area contributed by atoms with Gasteiger partial charge in [-0.1, -0.05) is 12.8 Å². The van der Waals surface area contributed by atoms with Crippen LogP contribution < -0.4 is 11.3 Å². The van der Waals surface area contributed by atoms with E-state index in [1.807, 2.05) is 25.1 Å². The Morgan fingerprint density at radius 1 is 1.24 bits per heavy atom. The van der Waals surface area contributed by atoms with E-state index < -0.39 is 0 Å². The highest BCUT2D eigenvalue weighted by atomic mass is 16.2. The summed E-state index contributed by atoms with van der Waals surface area (Å²) in [4.78, 5) is 15.1. The van der Waals surface area contributed by atoms with Crippen molar-refractivity contribution >= 4 is 11.6 Å². The van der Waals surface area contributed by atoms with Crippen LogP contribution in [0.15, 0.2) is 18.2 Å². The van der Waals surface area contributed by atoms with Gasteiger partial charge < -0.3 is 10.3 Å². The van der Waals surface area contributed by atoms with Gasteiger partial charge in [-0.3, -0.25) is 10.6 Å². The van der Waals surface area contributed by atoms with Gasteiger partial charge in [-0.2, -0.15) is 0 Å². The van der Waals surface area contributed by atoms with Crippen molar-refractivity contribution in [1.82, 2.24) is 4.90 Å². The van der Waals surface area contributed by atoms with Crippen molar-refractivity contribution in [2.45, 2.75) is 51.5 Å². The van der Waals surface area contributed by atoms with Gasteiger partial charge in [0.05, 0.1) is 0 Å². The average Bonchev–Trinajstić information content (AvgIpc) is 2.53. The van der Waals surface area contributed by atoms with Gasteiger partial charge in [0.15, 0.2) is 0 Å². The zero-order valence-electron chi connectivity index (χ0n) is 12.8. The second-order valence-corrected chi connectivity index (χ2v) is 6.43. The lowest BCUT2D eigenvalue weighted by Crippen LogP contribution is -2.49. The van der Waals surface area contributed by atoms with Gasteiger partial charge in [-0.05, 0) is 62.3 Å².